The van der Waals surface area contributed by atoms with Crippen molar-refractivity contribution < 1.29 is 13.9 Å². The third-order valence-electron chi connectivity index (χ3n) is 3.12. The summed E-state index contributed by atoms with van der Waals surface area (Å²) in [4.78, 5) is 12.2. The first-order valence-corrected chi connectivity index (χ1v) is 7.18. The Morgan fingerprint density at radius 1 is 1.33 bits per heavy atom. The number of nitrogens with one attached hydrogen (secondary N) is 2. The minimum absolute atomic E-state index is 0.130. The first kappa shape index (κ1) is 13.9. The molecule has 4 nitrogen and oxygen atoms in total. The SMILES string of the molecule is O=C(Nc1ccc(Br)cc1F)C1CNc2ccccc2O1. The smallest absolute Gasteiger partial charge is 0.267 e. The van der Waals surface area contributed by atoms with Crippen LogP contribution in [-0.4, -0.2) is 18.6 Å². The van der Waals surface area contributed by atoms with Crippen LogP contribution >= 0.6 is 15.9 Å². The van der Waals surface area contributed by atoms with Gasteiger partial charge in [0, 0.05) is 4.47 Å². The van der Waals surface area contributed by atoms with Gasteiger partial charge in [-0.15, -0.1) is 0 Å². The number of rotatable bonds is 2. The van der Waals surface area contributed by atoms with Gasteiger partial charge in [0.25, 0.3) is 5.91 Å². The van der Waals surface area contributed by atoms with Crippen molar-refractivity contribution in [2.75, 3.05) is 17.2 Å². The van der Waals surface area contributed by atoms with Gasteiger partial charge in [0.05, 0.1) is 17.9 Å². The minimum atomic E-state index is -0.706. The van der Waals surface area contributed by atoms with Gasteiger partial charge in [0.1, 0.15) is 11.6 Å². The van der Waals surface area contributed by atoms with Gasteiger partial charge in [-0.05, 0) is 30.3 Å². The number of carbonyl (C=O) groups is 1. The second-order valence-corrected chi connectivity index (χ2v) is 5.51. The van der Waals surface area contributed by atoms with Crippen LogP contribution in [0.25, 0.3) is 0 Å². The summed E-state index contributed by atoms with van der Waals surface area (Å²) in [5.74, 6) is -0.278. The molecule has 3 rings (SSSR count). The zero-order valence-electron chi connectivity index (χ0n) is 10.9. The fourth-order valence-electron chi connectivity index (χ4n) is 2.06. The van der Waals surface area contributed by atoms with Crippen LogP contribution in [0.2, 0.25) is 0 Å². The maximum atomic E-state index is 13.7. The van der Waals surface area contributed by atoms with Crippen molar-refractivity contribution in [3.8, 4) is 5.75 Å². The highest BCUT2D eigenvalue weighted by Gasteiger charge is 2.26. The molecule has 21 heavy (non-hydrogen) atoms. The maximum absolute atomic E-state index is 13.7. The van der Waals surface area contributed by atoms with E-state index in [2.05, 4.69) is 26.6 Å². The average Bonchev–Trinajstić information content (AvgIpc) is 2.49. The second-order valence-electron chi connectivity index (χ2n) is 4.60. The molecule has 0 saturated heterocycles. The van der Waals surface area contributed by atoms with E-state index in [4.69, 9.17) is 4.74 Å². The van der Waals surface area contributed by atoms with Crippen LogP contribution in [0.4, 0.5) is 15.8 Å². The second kappa shape index (κ2) is 5.73. The summed E-state index contributed by atoms with van der Waals surface area (Å²) in [6.07, 6.45) is -0.706. The van der Waals surface area contributed by atoms with E-state index in [1.165, 1.54) is 12.1 Å². The molecule has 6 heteroatoms. The maximum Gasteiger partial charge on any atom is 0.267 e. The molecule has 0 bridgehead atoms. The molecule has 2 aromatic rings. The molecule has 0 saturated carbocycles. The number of hydrogen-bond acceptors (Lipinski definition) is 3. The first-order chi connectivity index (χ1) is 10.1. The van der Waals surface area contributed by atoms with Crippen LogP contribution in [0, 0.1) is 5.82 Å². The van der Waals surface area contributed by atoms with Crippen molar-refractivity contribution in [3.05, 3.63) is 52.8 Å². The zero-order valence-corrected chi connectivity index (χ0v) is 12.5. The number of hydrogen-bond donors (Lipinski definition) is 2. The Hall–Kier alpha value is -2.08. The quantitative estimate of drug-likeness (QED) is 0.872. The summed E-state index contributed by atoms with van der Waals surface area (Å²) in [6, 6.07) is 11.8. The number of carbonyl (C=O) groups excluding carboxylic acids is 1. The van der Waals surface area contributed by atoms with Crippen LogP contribution < -0.4 is 15.4 Å². The predicted octanol–water partition coefficient (Wildman–Crippen LogP) is 3.40. The molecule has 0 spiro atoms. The first-order valence-electron chi connectivity index (χ1n) is 6.39. The van der Waals surface area contributed by atoms with Gasteiger partial charge in [-0.1, -0.05) is 28.1 Å². The zero-order chi connectivity index (χ0) is 14.8. The molecule has 1 aliphatic rings. The Kier molecular flexibility index (Phi) is 3.79. The van der Waals surface area contributed by atoms with Crippen LogP contribution in [0.15, 0.2) is 46.9 Å². The van der Waals surface area contributed by atoms with Gasteiger partial charge in [0.2, 0.25) is 0 Å². The van der Waals surface area contributed by atoms with E-state index < -0.39 is 17.8 Å². The van der Waals surface area contributed by atoms with E-state index in [-0.39, 0.29) is 5.69 Å². The molecular formula is C15H12BrFN2O2. The molecule has 1 amide bonds. The number of anilines is 2. The third-order valence-corrected chi connectivity index (χ3v) is 3.61. The van der Waals surface area contributed by atoms with Gasteiger partial charge in [0.15, 0.2) is 6.10 Å². The van der Waals surface area contributed by atoms with Crippen LogP contribution in [-0.2, 0) is 4.79 Å². The molecule has 0 radical (unpaired) electrons. The van der Waals surface area contributed by atoms with Gasteiger partial charge < -0.3 is 15.4 Å². The van der Waals surface area contributed by atoms with Crippen molar-refractivity contribution in [1.82, 2.24) is 0 Å². The van der Waals surface area contributed by atoms with Crippen molar-refractivity contribution in [2.45, 2.75) is 6.10 Å². The van der Waals surface area contributed by atoms with E-state index in [0.29, 0.717) is 16.8 Å². The molecule has 2 aromatic carbocycles. The highest BCUT2D eigenvalue weighted by molar-refractivity contribution is 9.10. The Balaban J connectivity index is 1.72. The molecule has 1 atom stereocenters. The topological polar surface area (TPSA) is 50.4 Å². The van der Waals surface area contributed by atoms with E-state index in [9.17, 15) is 9.18 Å². The fraction of sp³-hybridized carbons (Fsp3) is 0.133. The number of fused-ring (bicyclic) bond motifs is 1. The van der Waals surface area contributed by atoms with Crippen LogP contribution in [0.5, 0.6) is 5.75 Å². The van der Waals surface area contributed by atoms with E-state index in [1.54, 1.807) is 12.1 Å². The molecule has 0 aromatic heterocycles. The monoisotopic (exact) mass is 350 g/mol. The summed E-state index contributed by atoms with van der Waals surface area (Å²) in [5, 5.41) is 5.65. The molecule has 0 aliphatic carbocycles. The third kappa shape index (κ3) is 3.00. The molecule has 1 aliphatic heterocycles. The predicted molar refractivity (Wildman–Crippen MR) is 82.1 cm³/mol. The lowest BCUT2D eigenvalue weighted by Crippen LogP contribution is -2.41. The van der Waals surface area contributed by atoms with Gasteiger partial charge in [-0.25, -0.2) is 4.39 Å². The molecule has 0 fully saturated rings. The molecule has 1 heterocycles. The highest BCUT2D eigenvalue weighted by atomic mass is 79.9. The Bertz CT molecular complexity index is 693. The number of benzene rings is 2. The van der Waals surface area contributed by atoms with Gasteiger partial charge in [-0.2, -0.15) is 0 Å². The Morgan fingerprint density at radius 2 is 2.14 bits per heavy atom. The van der Waals surface area contributed by atoms with Crippen molar-refractivity contribution in [1.29, 1.82) is 0 Å². The largest absolute Gasteiger partial charge is 0.477 e. The minimum Gasteiger partial charge on any atom is -0.477 e. The number of ether oxygens (including phenoxy) is 1. The number of para-hydroxylation sites is 2. The standard InChI is InChI=1S/C15H12BrFN2O2/c16-9-5-6-11(10(17)7-9)19-15(20)14-8-18-12-3-1-2-4-13(12)21-14/h1-7,14,18H,8H2,(H,19,20). The van der Waals surface area contributed by atoms with Gasteiger partial charge >= 0.3 is 0 Å². The lowest BCUT2D eigenvalue weighted by Gasteiger charge is -2.26. The average molecular weight is 351 g/mol. The highest BCUT2D eigenvalue weighted by Crippen LogP contribution is 2.28. The molecule has 2 N–H and O–H groups in total. The summed E-state index contributed by atoms with van der Waals surface area (Å²) in [5.41, 5.74) is 0.974. The van der Waals surface area contributed by atoms with Crippen LogP contribution in [0.3, 0.4) is 0 Å². The lowest BCUT2D eigenvalue weighted by molar-refractivity contribution is -0.122. The summed E-state index contributed by atoms with van der Waals surface area (Å²) in [7, 11) is 0. The normalized spacial score (nSPS) is 16.4. The van der Waals surface area contributed by atoms with Crippen molar-refractivity contribution in [3.63, 3.8) is 0 Å². The van der Waals surface area contributed by atoms with Crippen molar-refractivity contribution in [2.24, 2.45) is 0 Å². The van der Waals surface area contributed by atoms with E-state index >= 15 is 0 Å². The Morgan fingerprint density at radius 3 is 2.95 bits per heavy atom. The molecule has 108 valence electrons. The van der Waals surface area contributed by atoms with E-state index in [0.717, 1.165) is 5.69 Å². The summed E-state index contributed by atoms with van der Waals surface area (Å²) >= 11 is 3.17. The number of halogens is 2. The molecular weight excluding hydrogens is 339 g/mol. The van der Waals surface area contributed by atoms with Crippen molar-refractivity contribution >= 4 is 33.2 Å². The summed E-state index contributed by atoms with van der Waals surface area (Å²) < 4.78 is 20.0. The Labute approximate surface area is 129 Å². The molecule has 1 unspecified atom stereocenters. The lowest BCUT2D eigenvalue weighted by atomic mass is 10.2. The van der Waals surface area contributed by atoms with Gasteiger partial charge in [-0.3, -0.25) is 4.79 Å². The fourth-order valence-corrected chi connectivity index (χ4v) is 2.40. The van der Waals surface area contributed by atoms with Crippen LogP contribution in [0.1, 0.15) is 0 Å². The number of amides is 1. The van der Waals surface area contributed by atoms with E-state index in [1.807, 2.05) is 18.2 Å². The summed E-state index contributed by atoms with van der Waals surface area (Å²) in [6.45, 7) is 0.334.